The number of rotatable bonds is 2. The zero-order valence-corrected chi connectivity index (χ0v) is 11.6. The highest BCUT2D eigenvalue weighted by Gasteiger charge is 2.38. The largest absolute Gasteiger partial charge is 0.418 e. The van der Waals surface area contributed by atoms with Crippen LogP contribution < -0.4 is 11.5 Å². The van der Waals surface area contributed by atoms with Gasteiger partial charge in [-0.1, -0.05) is 24.3 Å². The number of hydrogen-bond donors (Lipinski definition) is 2. The molecule has 124 valence electrons. The minimum atomic E-state index is -4.76. The molecular formula is C15H12F6N2. The molecule has 0 bridgehead atoms. The van der Waals surface area contributed by atoms with Gasteiger partial charge in [-0.15, -0.1) is 0 Å². The Labute approximate surface area is 127 Å². The highest BCUT2D eigenvalue weighted by atomic mass is 19.4. The van der Waals surface area contributed by atoms with Crippen LogP contribution in [0.25, 0.3) is 0 Å². The van der Waals surface area contributed by atoms with E-state index in [-0.39, 0.29) is 11.1 Å². The van der Waals surface area contributed by atoms with E-state index in [1.165, 1.54) is 12.1 Å². The van der Waals surface area contributed by atoms with Crippen LogP contribution in [-0.4, -0.2) is 0 Å². The van der Waals surface area contributed by atoms with Gasteiger partial charge in [-0.05, 0) is 29.7 Å². The topological polar surface area (TPSA) is 52.0 Å². The van der Waals surface area contributed by atoms with Crippen molar-refractivity contribution in [2.24, 2.45) is 0 Å². The number of hydrogen-bond acceptors (Lipinski definition) is 2. The summed E-state index contributed by atoms with van der Waals surface area (Å²) in [6.45, 7) is 0. The van der Waals surface area contributed by atoms with Crippen molar-refractivity contribution in [1.29, 1.82) is 0 Å². The minimum Gasteiger partial charge on any atom is -0.398 e. The summed E-state index contributed by atoms with van der Waals surface area (Å²) in [5.74, 6) is 0. The lowest BCUT2D eigenvalue weighted by Gasteiger charge is -2.18. The summed E-state index contributed by atoms with van der Waals surface area (Å²) in [6, 6.07) is 6.83. The highest BCUT2D eigenvalue weighted by Crippen LogP contribution is 2.40. The molecule has 2 aromatic rings. The quantitative estimate of drug-likeness (QED) is 0.628. The minimum absolute atomic E-state index is 0.339. The van der Waals surface area contributed by atoms with E-state index in [4.69, 9.17) is 11.5 Å². The molecule has 0 spiro atoms. The van der Waals surface area contributed by atoms with Crippen molar-refractivity contribution in [3.05, 3.63) is 58.7 Å². The number of nitrogen functional groups attached to an aromatic ring is 2. The van der Waals surface area contributed by atoms with Gasteiger partial charge in [0.2, 0.25) is 0 Å². The van der Waals surface area contributed by atoms with Crippen molar-refractivity contribution in [2.45, 2.75) is 18.8 Å². The molecule has 0 saturated heterocycles. The van der Waals surface area contributed by atoms with Crippen molar-refractivity contribution in [3.63, 3.8) is 0 Å². The molecule has 0 aromatic heterocycles. The van der Waals surface area contributed by atoms with Gasteiger partial charge in [0.15, 0.2) is 0 Å². The molecule has 0 aliphatic carbocycles. The third-order valence-corrected chi connectivity index (χ3v) is 3.31. The first-order valence-corrected chi connectivity index (χ1v) is 6.41. The summed E-state index contributed by atoms with van der Waals surface area (Å²) in [7, 11) is 0. The summed E-state index contributed by atoms with van der Waals surface area (Å²) in [5, 5.41) is 0. The maximum absolute atomic E-state index is 13.1. The molecule has 0 amide bonds. The Morgan fingerprint density at radius 2 is 1.00 bits per heavy atom. The summed E-state index contributed by atoms with van der Waals surface area (Å²) < 4.78 is 78.6. The van der Waals surface area contributed by atoms with E-state index in [0.29, 0.717) is 0 Å². The van der Waals surface area contributed by atoms with Gasteiger partial charge in [0.25, 0.3) is 0 Å². The Morgan fingerprint density at radius 3 is 1.30 bits per heavy atom. The van der Waals surface area contributed by atoms with Crippen LogP contribution in [0.1, 0.15) is 22.3 Å². The molecule has 0 unspecified atom stereocenters. The Kier molecular flexibility index (Phi) is 4.19. The number of benzene rings is 2. The summed E-state index contributed by atoms with van der Waals surface area (Å²) >= 11 is 0. The van der Waals surface area contributed by atoms with Crippen molar-refractivity contribution in [3.8, 4) is 0 Å². The average molecular weight is 334 g/mol. The van der Waals surface area contributed by atoms with Crippen LogP contribution in [0.4, 0.5) is 37.7 Å². The van der Waals surface area contributed by atoms with Crippen LogP contribution >= 0.6 is 0 Å². The molecule has 0 radical (unpaired) electrons. The first kappa shape index (κ1) is 17.0. The highest BCUT2D eigenvalue weighted by molar-refractivity contribution is 5.57. The van der Waals surface area contributed by atoms with Crippen molar-refractivity contribution in [1.82, 2.24) is 0 Å². The van der Waals surface area contributed by atoms with Crippen molar-refractivity contribution in [2.75, 3.05) is 11.5 Å². The molecule has 2 aromatic carbocycles. The molecule has 23 heavy (non-hydrogen) atoms. The second kappa shape index (κ2) is 5.68. The van der Waals surface area contributed by atoms with E-state index < -0.39 is 41.3 Å². The Balaban J connectivity index is 2.59. The molecule has 0 atom stereocenters. The van der Waals surface area contributed by atoms with Gasteiger partial charge in [-0.25, -0.2) is 0 Å². The summed E-state index contributed by atoms with van der Waals surface area (Å²) in [6.07, 6.45) is -10.1. The Hall–Kier alpha value is -2.38. The third kappa shape index (κ3) is 3.52. The number of alkyl halides is 6. The number of halogens is 6. The van der Waals surface area contributed by atoms with E-state index in [0.717, 1.165) is 24.3 Å². The zero-order chi connectivity index (χ0) is 17.4. The number of anilines is 2. The lowest BCUT2D eigenvalue weighted by molar-refractivity contribution is -0.137. The first-order valence-electron chi connectivity index (χ1n) is 6.41. The van der Waals surface area contributed by atoms with Gasteiger partial charge < -0.3 is 11.5 Å². The fourth-order valence-electron chi connectivity index (χ4n) is 2.43. The first-order chi connectivity index (χ1) is 10.5. The van der Waals surface area contributed by atoms with E-state index >= 15 is 0 Å². The van der Waals surface area contributed by atoms with Crippen LogP contribution in [0.3, 0.4) is 0 Å². The SMILES string of the molecule is Nc1cccc(Cc2cccc(N)c2C(F)(F)F)c1C(F)(F)F. The molecule has 0 fully saturated rings. The van der Waals surface area contributed by atoms with E-state index in [9.17, 15) is 26.3 Å². The molecule has 2 rings (SSSR count). The monoisotopic (exact) mass is 334 g/mol. The van der Waals surface area contributed by atoms with Gasteiger partial charge >= 0.3 is 12.4 Å². The Bertz CT molecular complexity index is 657. The average Bonchev–Trinajstić information content (AvgIpc) is 2.35. The zero-order valence-electron chi connectivity index (χ0n) is 11.6. The van der Waals surface area contributed by atoms with Crippen molar-refractivity contribution >= 4 is 11.4 Å². The molecule has 2 nitrogen and oxygen atoms in total. The summed E-state index contributed by atoms with van der Waals surface area (Å²) in [4.78, 5) is 0. The van der Waals surface area contributed by atoms with Gasteiger partial charge in [0.1, 0.15) is 0 Å². The van der Waals surface area contributed by atoms with Crippen LogP contribution in [0.15, 0.2) is 36.4 Å². The maximum Gasteiger partial charge on any atom is 0.418 e. The van der Waals surface area contributed by atoms with Gasteiger partial charge in [-0.3, -0.25) is 0 Å². The van der Waals surface area contributed by atoms with E-state index in [1.54, 1.807) is 0 Å². The molecule has 4 N–H and O–H groups in total. The second-order valence-corrected chi connectivity index (χ2v) is 4.94. The number of nitrogens with two attached hydrogens (primary N) is 2. The third-order valence-electron chi connectivity index (χ3n) is 3.31. The van der Waals surface area contributed by atoms with Gasteiger partial charge in [0.05, 0.1) is 11.1 Å². The van der Waals surface area contributed by atoms with E-state index in [1.807, 2.05) is 0 Å². The predicted octanol–water partition coefficient (Wildman–Crippen LogP) is 4.48. The lowest BCUT2D eigenvalue weighted by Crippen LogP contribution is -2.16. The maximum atomic E-state index is 13.1. The molecule has 0 aliphatic heterocycles. The molecule has 0 saturated carbocycles. The smallest absolute Gasteiger partial charge is 0.398 e. The lowest BCUT2D eigenvalue weighted by atomic mass is 9.94. The second-order valence-electron chi connectivity index (χ2n) is 4.94. The normalized spacial score (nSPS) is 12.4. The fourth-order valence-corrected chi connectivity index (χ4v) is 2.43. The molecule has 0 aliphatic rings. The van der Waals surface area contributed by atoms with E-state index in [2.05, 4.69) is 0 Å². The predicted molar refractivity (Wildman–Crippen MR) is 74.5 cm³/mol. The Morgan fingerprint density at radius 1 is 0.652 bits per heavy atom. The summed E-state index contributed by atoms with van der Waals surface area (Å²) in [5.41, 5.74) is 6.69. The van der Waals surface area contributed by atoms with Crippen LogP contribution in [-0.2, 0) is 18.8 Å². The molecule has 0 heterocycles. The molecular weight excluding hydrogens is 322 g/mol. The fraction of sp³-hybridized carbons (Fsp3) is 0.200. The van der Waals surface area contributed by atoms with Crippen LogP contribution in [0.5, 0.6) is 0 Å². The van der Waals surface area contributed by atoms with Crippen LogP contribution in [0, 0.1) is 0 Å². The van der Waals surface area contributed by atoms with Gasteiger partial charge in [0, 0.05) is 11.4 Å². The van der Waals surface area contributed by atoms with Crippen LogP contribution in [0.2, 0.25) is 0 Å². The van der Waals surface area contributed by atoms with Gasteiger partial charge in [-0.2, -0.15) is 26.3 Å². The molecule has 8 heteroatoms. The van der Waals surface area contributed by atoms with Crippen molar-refractivity contribution < 1.29 is 26.3 Å². The standard InChI is InChI=1S/C15H12F6N2/c16-14(17,18)12-8(3-1-5-10(12)22)7-9-4-2-6-11(23)13(9)15(19,20)21/h1-6H,7,22-23H2.